The quantitative estimate of drug-likeness (QED) is 0.808. The number of rotatable bonds is 5. The number of nitrogens with zero attached hydrogens (tertiary/aromatic N) is 5. The Balaban J connectivity index is 1.49. The van der Waals surface area contributed by atoms with E-state index in [4.69, 9.17) is 0 Å². The van der Waals surface area contributed by atoms with Crippen LogP contribution in [0.2, 0.25) is 0 Å². The molecule has 1 fully saturated rings. The summed E-state index contributed by atoms with van der Waals surface area (Å²) in [7, 11) is 3.90. The van der Waals surface area contributed by atoms with Crippen LogP contribution in [-0.4, -0.2) is 65.3 Å². The third-order valence-corrected chi connectivity index (χ3v) is 5.15. The molecule has 3 rings (SSSR count). The number of aromatic nitrogens is 2. The predicted molar refractivity (Wildman–Crippen MR) is 96.2 cm³/mol. The third-order valence-electron chi connectivity index (χ3n) is 4.23. The molecule has 2 heterocycles. The minimum atomic E-state index is -0.319. The molecule has 0 N–H and O–H groups in total. The van der Waals surface area contributed by atoms with Crippen molar-refractivity contribution in [3.05, 3.63) is 41.5 Å². The van der Waals surface area contributed by atoms with Crippen LogP contribution in [0.25, 0.3) is 0 Å². The molecule has 1 aliphatic heterocycles. The fourth-order valence-corrected chi connectivity index (χ4v) is 3.36. The van der Waals surface area contributed by atoms with Crippen molar-refractivity contribution in [1.82, 2.24) is 19.2 Å². The van der Waals surface area contributed by atoms with Crippen LogP contribution in [0.1, 0.15) is 11.4 Å². The van der Waals surface area contributed by atoms with E-state index in [2.05, 4.69) is 14.3 Å². The van der Waals surface area contributed by atoms with Gasteiger partial charge in [-0.3, -0.25) is 9.69 Å². The zero-order valence-corrected chi connectivity index (χ0v) is 15.3. The average molecular weight is 363 g/mol. The third kappa shape index (κ3) is 4.52. The Hall–Kier alpha value is -2.06. The number of halogens is 1. The highest BCUT2D eigenvalue weighted by Gasteiger charge is 2.22. The Morgan fingerprint density at radius 2 is 1.96 bits per heavy atom. The minimum absolute atomic E-state index is 0.0218. The maximum atomic E-state index is 13.7. The first-order chi connectivity index (χ1) is 12.0. The Morgan fingerprint density at radius 1 is 1.24 bits per heavy atom. The summed E-state index contributed by atoms with van der Waals surface area (Å²) in [5.41, 5.74) is 0.456. The summed E-state index contributed by atoms with van der Waals surface area (Å²) in [5, 5.41) is 0.897. The maximum Gasteiger partial charge on any atom is 0.227 e. The maximum absolute atomic E-state index is 13.7. The van der Waals surface area contributed by atoms with Gasteiger partial charge < -0.3 is 9.80 Å². The van der Waals surface area contributed by atoms with Gasteiger partial charge in [-0.15, -0.1) is 0 Å². The molecule has 8 heteroatoms. The molecule has 1 amide bonds. The van der Waals surface area contributed by atoms with E-state index in [0.717, 1.165) is 24.0 Å². The van der Waals surface area contributed by atoms with Gasteiger partial charge >= 0.3 is 0 Å². The van der Waals surface area contributed by atoms with Gasteiger partial charge in [0.15, 0.2) is 5.82 Å². The molecule has 1 aliphatic rings. The lowest BCUT2D eigenvalue weighted by Crippen LogP contribution is -2.48. The van der Waals surface area contributed by atoms with E-state index in [1.54, 1.807) is 18.2 Å². The predicted octanol–water partition coefficient (Wildman–Crippen LogP) is 1.63. The first-order valence-corrected chi connectivity index (χ1v) is 9.03. The molecule has 0 radical (unpaired) electrons. The molecule has 1 aromatic heterocycles. The zero-order chi connectivity index (χ0) is 17.8. The van der Waals surface area contributed by atoms with Gasteiger partial charge in [0.25, 0.3) is 0 Å². The van der Waals surface area contributed by atoms with Crippen molar-refractivity contribution in [1.29, 1.82) is 0 Å². The summed E-state index contributed by atoms with van der Waals surface area (Å²) in [6, 6.07) is 6.45. The van der Waals surface area contributed by atoms with Crippen molar-refractivity contribution < 1.29 is 9.18 Å². The van der Waals surface area contributed by atoms with E-state index >= 15 is 0 Å². The smallest absolute Gasteiger partial charge is 0.227 e. The fraction of sp³-hybridized carbons (Fsp3) is 0.471. The van der Waals surface area contributed by atoms with Crippen molar-refractivity contribution in [2.45, 2.75) is 13.0 Å². The number of carbonyl (C=O) groups is 1. The van der Waals surface area contributed by atoms with Crippen LogP contribution >= 0.6 is 11.5 Å². The lowest BCUT2D eigenvalue weighted by molar-refractivity contribution is -0.132. The second-order valence-electron chi connectivity index (χ2n) is 6.31. The molecule has 0 saturated carbocycles. The summed E-state index contributed by atoms with van der Waals surface area (Å²) in [4.78, 5) is 22.9. The SMILES string of the molecule is CN(C)c1nc(CN2CCN(C(=O)Cc3ccccc3F)CC2)ns1. The largest absolute Gasteiger partial charge is 0.353 e. The molecule has 1 aromatic carbocycles. The molecule has 134 valence electrons. The van der Waals surface area contributed by atoms with Gasteiger partial charge in [0.1, 0.15) is 5.82 Å². The standard InChI is InChI=1S/C17H22FN5OS/c1-21(2)17-19-15(20-25-17)12-22-7-9-23(10-8-22)16(24)11-13-5-3-4-6-14(13)18/h3-6H,7-12H2,1-2H3. The Labute approximate surface area is 151 Å². The van der Waals surface area contributed by atoms with Gasteiger partial charge in [-0.2, -0.15) is 4.37 Å². The number of anilines is 1. The summed E-state index contributed by atoms with van der Waals surface area (Å²) >= 11 is 1.39. The number of hydrogen-bond acceptors (Lipinski definition) is 6. The van der Waals surface area contributed by atoms with Gasteiger partial charge in [-0.25, -0.2) is 9.37 Å². The van der Waals surface area contributed by atoms with E-state index in [-0.39, 0.29) is 18.1 Å². The van der Waals surface area contributed by atoms with E-state index in [9.17, 15) is 9.18 Å². The van der Waals surface area contributed by atoms with Crippen molar-refractivity contribution >= 4 is 22.6 Å². The van der Waals surface area contributed by atoms with Gasteiger partial charge in [-0.1, -0.05) is 18.2 Å². The summed E-state index contributed by atoms with van der Waals surface area (Å²) in [6.45, 7) is 3.55. The van der Waals surface area contributed by atoms with Gasteiger partial charge in [0, 0.05) is 51.8 Å². The van der Waals surface area contributed by atoms with Crippen LogP contribution in [0.4, 0.5) is 9.52 Å². The van der Waals surface area contributed by atoms with Crippen LogP contribution in [0.15, 0.2) is 24.3 Å². The van der Waals surface area contributed by atoms with Gasteiger partial charge in [-0.05, 0) is 11.6 Å². The molecule has 0 bridgehead atoms. The second-order valence-corrected chi connectivity index (χ2v) is 7.04. The molecule has 2 aromatic rings. The zero-order valence-electron chi connectivity index (χ0n) is 14.5. The van der Waals surface area contributed by atoms with Crippen LogP contribution in [0, 0.1) is 5.82 Å². The van der Waals surface area contributed by atoms with Crippen molar-refractivity contribution in [3.63, 3.8) is 0 Å². The minimum Gasteiger partial charge on any atom is -0.353 e. The molecule has 6 nitrogen and oxygen atoms in total. The van der Waals surface area contributed by atoms with E-state index < -0.39 is 0 Å². The molecule has 0 spiro atoms. The van der Waals surface area contributed by atoms with E-state index in [1.165, 1.54) is 17.6 Å². The van der Waals surface area contributed by atoms with Crippen molar-refractivity contribution in [2.24, 2.45) is 0 Å². The highest BCUT2D eigenvalue weighted by atomic mass is 32.1. The van der Waals surface area contributed by atoms with Gasteiger partial charge in [0.2, 0.25) is 11.0 Å². The lowest BCUT2D eigenvalue weighted by Gasteiger charge is -2.34. The topological polar surface area (TPSA) is 52.6 Å². The number of benzene rings is 1. The average Bonchev–Trinajstić information content (AvgIpc) is 3.06. The highest BCUT2D eigenvalue weighted by molar-refractivity contribution is 7.09. The van der Waals surface area contributed by atoms with E-state index in [0.29, 0.717) is 25.2 Å². The number of piperazine rings is 1. The van der Waals surface area contributed by atoms with Crippen LogP contribution < -0.4 is 4.90 Å². The Kier molecular flexibility index (Phi) is 5.60. The summed E-state index contributed by atoms with van der Waals surface area (Å²) in [6.07, 6.45) is 0.118. The van der Waals surface area contributed by atoms with Crippen molar-refractivity contribution in [2.75, 3.05) is 45.2 Å². The lowest BCUT2D eigenvalue weighted by atomic mass is 10.1. The number of amides is 1. The summed E-state index contributed by atoms with van der Waals surface area (Å²) in [5.74, 6) is 0.479. The first kappa shape index (κ1) is 17.8. The van der Waals surface area contributed by atoms with Gasteiger partial charge in [0.05, 0.1) is 13.0 Å². The highest BCUT2D eigenvalue weighted by Crippen LogP contribution is 2.16. The molecule has 1 saturated heterocycles. The Morgan fingerprint density at radius 3 is 2.60 bits per heavy atom. The number of carbonyl (C=O) groups excluding carboxylic acids is 1. The molecular weight excluding hydrogens is 341 g/mol. The van der Waals surface area contributed by atoms with Crippen molar-refractivity contribution in [3.8, 4) is 0 Å². The monoisotopic (exact) mass is 363 g/mol. The second kappa shape index (κ2) is 7.88. The molecule has 0 unspecified atom stereocenters. The van der Waals surface area contributed by atoms with Crippen LogP contribution in [0.3, 0.4) is 0 Å². The molecule has 25 heavy (non-hydrogen) atoms. The normalized spacial score (nSPS) is 15.4. The van der Waals surface area contributed by atoms with Crippen LogP contribution in [-0.2, 0) is 17.8 Å². The number of hydrogen-bond donors (Lipinski definition) is 0. The molecular formula is C17H22FN5OS. The molecule has 0 atom stereocenters. The first-order valence-electron chi connectivity index (χ1n) is 8.26. The Bertz CT molecular complexity index is 727. The molecule has 0 aliphatic carbocycles. The van der Waals surface area contributed by atoms with E-state index in [1.807, 2.05) is 23.9 Å². The fourth-order valence-electron chi connectivity index (χ4n) is 2.76. The van der Waals surface area contributed by atoms with Crippen LogP contribution in [0.5, 0.6) is 0 Å². The summed E-state index contributed by atoms with van der Waals surface area (Å²) < 4.78 is 18.1.